The van der Waals surface area contributed by atoms with Gasteiger partial charge >= 0.3 is 5.97 Å². The molecule has 0 heterocycles. The van der Waals surface area contributed by atoms with Gasteiger partial charge in [0.05, 0.1) is 16.1 Å². The summed E-state index contributed by atoms with van der Waals surface area (Å²) in [5.41, 5.74) is -0.0169. The number of benzene rings is 1. The van der Waals surface area contributed by atoms with Crippen molar-refractivity contribution in [3.8, 4) is 0 Å². The van der Waals surface area contributed by atoms with Crippen LogP contribution < -0.4 is 0 Å². The summed E-state index contributed by atoms with van der Waals surface area (Å²) in [6.45, 7) is 1.68. The van der Waals surface area contributed by atoms with E-state index in [4.69, 9.17) is 11.6 Å². The summed E-state index contributed by atoms with van der Waals surface area (Å²) in [6.07, 6.45) is 0. The number of ether oxygens (including phenoxy) is 1. The Balaban J connectivity index is 3.06. The van der Waals surface area contributed by atoms with Gasteiger partial charge in [-0.25, -0.2) is 9.18 Å². The number of carbonyl (C=O) groups is 2. The van der Waals surface area contributed by atoms with Gasteiger partial charge in [0.1, 0.15) is 0 Å². The molecule has 0 aromatic heterocycles. The fourth-order valence-electron chi connectivity index (χ4n) is 1.00. The number of rotatable bonds is 3. The Morgan fingerprint density at radius 3 is 2.62 bits per heavy atom. The molecule has 0 saturated carbocycles. The van der Waals surface area contributed by atoms with Gasteiger partial charge in [0.15, 0.2) is 5.82 Å². The molecule has 86 valence electrons. The largest absolute Gasteiger partial charge is 0.460 e. The van der Waals surface area contributed by atoms with Gasteiger partial charge in [-0.1, -0.05) is 11.6 Å². The summed E-state index contributed by atoms with van der Waals surface area (Å²) < 4.78 is 17.7. The maximum atomic E-state index is 13.1. The van der Waals surface area contributed by atoms with E-state index in [9.17, 15) is 14.0 Å². The van der Waals surface area contributed by atoms with Crippen molar-refractivity contribution in [2.45, 2.75) is 6.92 Å². The van der Waals surface area contributed by atoms with Gasteiger partial charge in [0.25, 0.3) is 5.78 Å². The van der Waals surface area contributed by atoms with Crippen molar-refractivity contribution in [2.75, 3.05) is 6.61 Å². The fraction of sp³-hybridized carbons (Fsp3) is 0.200. The SMILES string of the molecule is CCOC(=O)C(=O)c1cc(Cl)c(F)c(Br)c1. The van der Waals surface area contributed by atoms with Gasteiger partial charge in [-0.05, 0) is 35.0 Å². The highest BCUT2D eigenvalue weighted by molar-refractivity contribution is 9.10. The summed E-state index contributed by atoms with van der Waals surface area (Å²) in [5.74, 6) is -2.52. The minimum absolute atomic E-state index is 0.0169. The summed E-state index contributed by atoms with van der Waals surface area (Å²) in [5, 5.41) is -0.234. The first-order valence-electron chi connectivity index (χ1n) is 4.33. The standard InChI is InChI=1S/C10H7BrClFO3/c1-2-16-10(15)9(14)5-3-6(11)8(13)7(12)4-5/h3-4H,2H2,1H3. The molecule has 1 rings (SSSR count). The topological polar surface area (TPSA) is 43.4 Å². The minimum Gasteiger partial charge on any atom is -0.460 e. The van der Waals surface area contributed by atoms with Crippen LogP contribution in [0.25, 0.3) is 0 Å². The monoisotopic (exact) mass is 308 g/mol. The van der Waals surface area contributed by atoms with Crippen LogP contribution in [0.1, 0.15) is 17.3 Å². The Labute approximate surface area is 105 Å². The normalized spacial score (nSPS) is 10.0. The lowest BCUT2D eigenvalue weighted by Gasteiger charge is -2.03. The molecule has 1 aromatic rings. The van der Waals surface area contributed by atoms with Crippen molar-refractivity contribution in [1.82, 2.24) is 0 Å². The zero-order chi connectivity index (χ0) is 12.3. The molecular formula is C10H7BrClFO3. The summed E-state index contributed by atoms with van der Waals surface area (Å²) in [4.78, 5) is 22.6. The molecule has 0 fully saturated rings. The molecule has 0 bridgehead atoms. The second-order valence-corrected chi connectivity index (χ2v) is 4.07. The number of ketones is 1. The fourth-order valence-corrected chi connectivity index (χ4v) is 1.79. The van der Waals surface area contributed by atoms with E-state index in [1.807, 2.05) is 0 Å². The summed E-state index contributed by atoms with van der Waals surface area (Å²) in [7, 11) is 0. The zero-order valence-corrected chi connectivity index (χ0v) is 10.6. The highest BCUT2D eigenvalue weighted by Crippen LogP contribution is 2.25. The second kappa shape index (κ2) is 5.41. The van der Waals surface area contributed by atoms with E-state index in [0.717, 1.165) is 6.07 Å². The third-order valence-electron chi connectivity index (χ3n) is 1.71. The number of halogens is 3. The van der Waals surface area contributed by atoms with Crippen LogP contribution in [0.4, 0.5) is 4.39 Å². The van der Waals surface area contributed by atoms with Crippen LogP contribution in [0, 0.1) is 5.82 Å². The van der Waals surface area contributed by atoms with E-state index in [-0.39, 0.29) is 21.7 Å². The van der Waals surface area contributed by atoms with E-state index in [2.05, 4.69) is 20.7 Å². The lowest BCUT2D eigenvalue weighted by atomic mass is 10.1. The van der Waals surface area contributed by atoms with E-state index in [1.165, 1.54) is 6.07 Å². The third-order valence-corrected chi connectivity index (χ3v) is 2.56. The predicted octanol–water partition coefficient (Wildman–Crippen LogP) is 2.99. The number of Topliss-reactive ketones (excluding diaryl/α,β-unsaturated/α-hetero) is 1. The van der Waals surface area contributed by atoms with Gasteiger partial charge in [-0.3, -0.25) is 4.79 Å². The van der Waals surface area contributed by atoms with Crippen molar-refractivity contribution >= 4 is 39.3 Å². The molecule has 0 aliphatic heterocycles. The second-order valence-electron chi connectivity index (χ2n) is 2.80. The Kier molecular flexibility index (Phi) is 4.44. The lowest BCUT2D eigenvalue weighted by Crippen LogP contribution is -2.17. The average Bonchev–Trinajstić information content (AvgIpc) is 2.24. The number of hydrogen-bond donors (Lipinski definition) is 0. The van der Waals surface area contributed by atoms with Gasteiger partial charge in [-0.2, -0.15) is 0 Å². The van der Waals surface area contributed by atoms with Crippen LogP contribution in [0.3, 0.4) is 0 Å². The van der Waals surface area contributed by atoms with E-state index < -0.39 is 17.6 Å². The Morgan fingerprint density at radius 2 is 2.12 bits per heavy atom. The number of carbonyl (C=O) groups excluding carboxylic acids is 2. The number of esters is 1. The zero-order valence-electron chi connectivity index (χ0n) is 8.22. The molecule has 0 spiro atoms. The van der Waals surface area contributed by atoms with E-state index in [0.29, 0.717) is 0 Å². The smallest absolute Gasteiger partial charge is 0.379 e. The molecule has 3 nitrogen and oxygen atoms in total. The van der Waals surface area contributed by atoms with Gasteiger partial charge < -0.3 is 4.74 Å². The van der Waals surface area contributed by atoms with Crippen molar-refractivity contribution in [1.29, 1.82) is 0 Å². The van der Waals surface area contributed by atoms with E-state index >= 15 is 0 Å². The Hall–Kier alpha value is -0.940. The molecule has 6 heteroatoms. The molecule has 1 aromatic carbocycles. The summed E-state index contributed by atoms with van der Waals surface area (Å²) >= 11 is 8.43. The van der Waals surface area contributed by atoms with Crippen molar-refractivity contribution in [3.63, 3.8) is 0 Å². The van der Waals surface area contributed by atoms with E-state index in [1.54, 1.807) is 6.92 Å². The first kappa shape index (κ1) is 13.1. The molecular weight excluding hydrogens is 302 g/mol. The molecule has 0 N–H and O–H groups in total. The van der Waals surface area contributed by atoms with Crippen molar-refractivity contribution < 1.29 is 18.7 Å². The molecule has 0 saturated heterocycles. The quantitative estimate of drug-likeness (QED) is 0.373. The minimum atomic E-state index is -0.989. The van der Waals surface area contributed by atoms with Crippen LogP contribution in [-0.2, 0) is 9.53 Å². The van der Waals surface area contributed by atoms with Crippen LogP contribution in [0.2, 0.25) is 5.02 Å². The van der Waals surface area contributed by atoms with Gasteiger partial charge in [0, 0.05) is 5.56 Å². The average molecular weight is 310 g/mol. The molecule has 16 heavy (non-hydrogen) atoms. The van der Waals surface area contributed by atoms with Crippen molar-refractivity contribution in [3.05, 3.63) is 33.0 Å². The first-order chi connectivity index (χ1) is 7.47. The maximum absolute atomic E-state index is 13.1. The lowest BCUT2D eigenvalue weighted by molar-refractivity contribution is -0.137. The maximum Gasteiger partial charge on any atom is 0.379 e. The summed E-state index contributed by atoms with van der Waals surface area (Å²) in [6, 6.07) is 2.27. The molecule has 0 radical (unpaired) electrons. The molecule has 0 amide bonds. The predicted molar refractivity (Wildman–Crippen MR) is 60.1 cm³/mol. The first-order valence-corrected chi connectivity index (χ1v) is 5.50. The van der Waals surface area contributed by atoms with Crippen LogP contribution in [-0.4, -0.2) is 18.4 Å². The molecule has 0 atom stereocenters. The van der Waals surface area contributed by atoms with Gasteiger partial charge in [-0.15, -0.1) is 0 Å². The Morgan fingerprint density at radius 1 is 1.50 bits per heavy atom. The molecule has 0 aliphatic rings. The third kappa shape index (κ3) is 2.80. The van der Waals surface area contributed by atoms with Gasteiger partial charge in [0.2, 0.25) is 0 Å². The van der Waals surface area contributed by atoms with Crippen LogP contribution >= 0.6 is 27.5 Å². The molecule has 0 unspecified atom stereocenters. The Bertz CT molecular complexity index is 425. The van der Waals surface area contributed by atoms with Crippen molar-refractivity contribution in [2.24, 2.45) is 0 Å². The highest BCUT2D eigenvalue weighted by Gasteiger charge is 2.20. The highest BCUT2D eigenvalue weighted by atomic mass is 79.9. The number of hydrogen-bond acceptors (Lipinski definition) is 3. The van der Waals surface area contributed by atoms with Crippen LogP contribution in [0.5, 0.6) is 0 Å². The van der Waals surface area contributed by atoms with Crippen LogP contribution in [0.15, 0.2) is 16.6 Å². The molecule has 0 aliphatic carbocycles.